The van der Waals surface area contributed by atoms with Crippen molar-refractivity contribution in [2.45, 2.75) is 25.3 Å². The number of piperidine rings is 1. The van der Waals surface area contributed by atoms with Crippen LogP contribution in [0.1, 0.15) is 19.8 Å². The predicted octanol–water partition coefficient (Wildman–Crippen LogP) is 2.97. The molecule has 17 heavy (non-hydrogen) atoms. The van der Waals surface area contributed by atoms with Crippen molar-refractivity contribution in [2.24, 2.45) is 0 Å². The first-order valence-corrected chi connectivity index (χ1v) is 6.54. The van der Waals surface area contributed by atoms with E-state index in [2.05, 4.69) is 22.1 Å². The summed E-state index contributed by atoms with van der Waals surface area (Å²) in [6.45, 7) is 4.18. The maximum atomic E-state index is 6.16. The number of rotatable bonds is 2. The summed E-state index contributed by atoms with van der Waals surface area (Å²) in [4.78, 5) is 6.54. The maximum Gasteiger partial charge on any atom is 0.147 e. The van der Waals surface area contributed by atoms with Gasteiger partial charge in [-0.3, -0.25) is 0 Å². The van der Waals surface area contributed by atoms with E-state index in [4.69, 9.17) is 23.2 Å². The quantitative estimate of drug-likeness (QED) is 0.898. The largest absolute Gasteiger partial charge is 0.355 e. The van der Waals surface area contributed by atoms with Gasteiger partial charge in [0.1, 0.15) is 5.82 Å². The summed E-state index contributed by atoms with van der Waals surface area (Å²) in [6, 6.07) is 1.75. The second-order valence-corrected chi connectivity index (χ2v) is 5.60. The molecule has 1 saturated heterocycles. The van der Waals surface area contributed by atoms with Gasteiger partial charge in [-0.1, -0.05) is 23.2 Å². The van der Waals surface area contributed by atoms with E-state index >= 15 is 0 Å². The smallest absolute Gasteiger partial charge is 0.147 e. The zero-order valence-electron chi connectivity index (χ0n) is 10.1. The molecule has 1 aliphatic rings. The van der Waals surface area contributed by atoms with Crippen LogP contribution < -0.4 is 10.2 Å². The van der Waals surface area contributed by atoms with E-state index in [-0.39, 0.29) is 5.54 Å². The van der Waals surface area contributed by atoms with Crippen molar-refractivity contribution in [3.63, 3.8) is 0 Å². The van der Waals surface area contributed by atoms with Gasteiger partial charge < -0.3 is 10.2 Å². The van der Waals surface area contributed by atoms with E-state index in [1.54, 1.807) is 12.3 Å². The van der Waals surface area contributed by atoms with Crippen LogP contribution in [0.3, 0.4) is 0 Å². The van der Waals surface area contributed by atoms with Gasteiger partial charge >= 0.3 is 0 Å². The number of anilines is 1. The summed E-state index contributed by atoms with van der Waals surface area (Å²) in [5.74, 6) is 0.842. The average molecular weight is 274 g/mol. The maximum absolute atomic E-state index is 6.16. The van der Waals surface area contributed by atoms with E-state index in [9.17, 15) is 0 Å². The lowest BCUT2D eigenvalue weighted by atomic mass is 9.90. The van der Waals surface area contributed by atoms with Crippen LogP contribution >= 0.6 is 23.2 Å². The molecule has 3 nitrogen and oxygen atoms in total. The molecular weight excluding hydrogens is 257 g/mol. The third-order valence-corrected chi connectivity index (χ3v) is 4.04. The standard InChI is InChI=1S/C12H17Cl2N3/c1-12(15-2)3-5-17(6-4-12)11-10(14)7-9(13)8-16-11/h7-8,15H,3-6H2,1-2H3. The Balaban J connectivity index is 2.10. The van der Waals surface area contributed by atoms with Crippen LogP contribution in [0.5, 0.6) is 0 Å². The summed E-state index contributed by atoms with van der Waals surface area (Å²) in [5, 5.41) is 4.58. The molecule has 2 rings (SSSR count). The highest BCUT2D eigenvalue weighted by atomic mass is 35.5. The lowest BCUT2D eigenvalue weighted by molar-refractivity contribution is 0.304. The summed E-state index contributed by atoms with van der Waals surface area (Å²) >= 11 is 12.0. The van der Waals surface area contributed by atoms with Crippen molar-refractivity contribution in [3.8, 4) is 0 Å². The minimum absolute atomic E-state index is 0.232. The fourth-order valence-electron chi connectivity index (χ4n) is 2.10. The molecule has 94 valence electrons. The Bertz CT molecular complexity index is 401. The van der Waals surface area contributed by atoms with Crippen molar-refractivity contribution in [3.05, 3.63) is 22.3 Å². The molecule has 1 N–H and O–H groups in total. The number of nitrogens with one attached hydrogen (secondary N) is 1. The summed E-state index contributed by atoms with van der Waals surface area (Å²) in [7, 11) is 2.02. The Hall–Kier alpha value is -0.510. The first kappa shape index (κ1) is 12.9. The van der Waals surface area contributed by atoms with Gasteiger partial charge in [-0.25, -0.2) is 4.98 Å². The van der Waals surface area contributed by atoms with Crippen LogP contribution in [-0.2, 0) is 0 Å². The molecule has 1 fully saturated rings. The Morgan fingerprint density at radius 1 is 1.35 bits per heavy atom. The second-order valence-electron chi connectivity index (χ2n) is 4.76. The molecule has 0 unspecified atom stereocenters. The van der Waals surface area contributed by atoms with Gasteiger partial charge in [-0.05, 0) is 32.9 Å². The molecule has 0 amide bonds. The van der Waals surface area contributed by atoms with Crippen LogP contribution in [0.2, 0.25) is 10.0 Å². The third-order valence-electron chi connectivity index (χ3n) is 3.56. The average Bonchev–Trinajstić information content (AvgIpc) is 2.31. The minimum Gasteiger partial charge on any atom is -0.355 e. The van der Waals surface area contributed by atoms with Gasteiger partial charge in [-0.15, -0.1) is 0 Å². The molecular formula is C12H17Cl2N3. The highest BCUT2D eigenvalue weighted by Crippen LogP contribution is 2.30. The van der Waals surface area contributed by atoms with Gasteiger partial charge in [0.05, 0.1) is 10.0 Å². The lowest BCUT2D eigenvalue weighted by Crippen LogP contribution is -2.50. The van der Waals surface area contributed by atoms with E-state index < -0.39 is 0 Å². The topological polar surface area (TPSA) is 28.2 Å². The highest BCUT2D eigenvalue weighted by molar-refractivity contribution is 6.36. The number of nitrogens with zero attached hydrogens (tertiary/aromatic N) is 2. The molecule has 5 heteroatoms. The van der Waals surface area contributed by atoms with Crippen molar-refractivity contribution in [1.82, 2.24) is 10.3 Å². The second kappa shape index (κ2) is 5.01. The van der Waals surface area contributed by atoms with Gasteiger partial charge in [0.2, 0.25) is 0 Å². The summed E-state index contributed by atoms with van der Waals surface area (Å²) in [5.41, 5.74) is 0.232. The van der Waals surface area contributed by atoms with E-state index in [0.29, 0.717) is 10.0 Å². The van der Waals surface area contributed by atoms with Gasteiger partial charge in [0.25, 0.3) is 0 Å². The summed E-state index contributed by atoms with van der Waals surface area (Å²) < 4.78 is 0. The Morgan fingerprint density at radius 2 is 2.00 bits per heavy atom. The first-order chi connectivity index (χ1) is 8.04. The van der Waals surface area contributed by atoms with Crippen LogP contribution in [0.15, 0.2) is 12.3 Å². The van der Waals surface area contributed by atoms with E-state index in [1.807, 2.05) is 7.05 Å². The molecule has 0 radical (unpaired) electrons. The zero-order valence-corrected chi connectivity index (χ0v) is 11.6. The number of hydrogen-bond donors (Lipinski definition) is 1. The van der Waals surface area contributed by atoms with Crippen LogP contribution in [0.4, 0.5) is 5.82 Å². The molecule has 0 saturated carbocycles. The van der Waals surface area contributed by atoms with Gasteiger partial charge in [0.15, 0.2) is 0 Å². The summed E-state index contributed by atoms with van der Waals surface area (Å²) in [6.07, 6.45) is 3.82. The van der Waals surface area contributed by atoms with Crippen molar-refractivity contribution >= 4 is 29.0 Å². The lowest BCUT2D eigenvalue weighted by Gasteiger charge is -2.40. The Morgan fingerprint density at radius 3 is 2.53 bits per heavy atom. The van der Waals surface area contributed by atoms with Crippen molar-refractivity contribution in [2.75, 3.05) is 25.0 Å². The normalized spacial score (nSPS) is 19.4. The molecule has 0 spiro atoms. The Labute approximate surface area is 112 Å². The molecule has 2 heterocycles. The highest BCUT2D eigenvalue weighted by Gasteiger charge is 2.29. The minimum atomic E-state index is 0.232. The molecule has 1 aromatic rings. The predicted molar refractivity (Wildman–Crippen MR) is 73.2 cm³/mol. The zero-order chi connectivity index (χ0) is 12.5. The molecule has 1 aliphatic heterocycles. The van der Waals surface area contributed by atoms with E-state index in [0.717, 1.165) is 31.7 Å². The van der Waals surface area contributed by atoms with Crippen LogP contribution in [0.25, 0.3) is 0 Å². The SMILES string of the molecule is CNC1(C)CCN(c2ncc(Cl)cc2Cl)CC1. The monoisotopic (exact) mass is 273 g/mol. The number of hydrogen-bond acceptors (Lipinski definition) is 3. The van der Waals surface area contributed by atoms with Crippen LogP contribution in [0, 0.1) is 0 Å². The Kier molecular flexibility index (Phi) is 3.81. The molecule has 0 aromatic carbocycles. The van der Waals surface area contributed by atoms with E-state index in [1.165, 1.54) is 0 Å². The number of aromatic nitrogens is 1. The molecule has 0 atom stereocenters. The van der Waals surface area contributed by atoms with Crippen molar-refractivity contribution < 1.29 is 0 Å². The molecule has 0 aliphatic carbocycles. The molecule has 1 aromatic heterocycles. The fourth-order valence-corrected chi connectivity index (χ4v) is 2.60. The number of pyridine rings is 1. The molecule has 0 bridgehead atoms. The first-order valence-electron chi connectivity index (χ1n) is 5.79. The van der Waals surface area contributed by atoms with Gasteiger partial charge in [-0.2, -0.15) is 0 Å². The van der Waals surface area contributed by atoms with Crippen molar-refractivity contribution in [1.29, 1.82) is 0 Å². The third kappa shape index (κ3) is 2.84. The number of halogens is 2. The van der Waals surface area contributed by atoms with Gasteiger partial charge in [0, 0.05) is 24.8 Å². The van der Waals surface area contributed by atoms with Crippen LogP contribution in [-0.4, -0.2) is 30.7 Å². The fraction of sp³-hybridized carbons (Fsp3) is 0.583.